The summed E-state index contributed by atoms with van der Waals surface area (Å²) in [6.07, 6.45) is -4.88. The Morgan fingerprint density at radius 3 is 2.33 bits per heavy atom. The third-order valence-corrected chi connectivity index (χ3v) is 2.59. The lowest BCUT2D eigenvalue weighted by atomic mass is 10.3. The summed E-state index contributed by atoms with van der Waals surface area (Å²) in [5.41, 5.74) is 0.0699. The van der Waals surface area contributed by atoms with E-state index in [1.54, 1.807) is 5.32 Å². The van der Waals surface area contributed by atoms with Crippen molar-refractivity contribution in [3.05, 3.63) is 27.1 Å². The first kappa shape index (κ1) is 12.5. The van der Waals surface area contributed by atoms with Crippen molar-refractivity contribution in [2.75, 3.05) is 5.32 Å². The molecule has 0 aliphatic rings. The molecule has 1 N–H and O–H groups in total. The smallest absolute Gasteiger partial charge is 0.317 e. The van der Waals surface area contributed by atoms with E-state index in [0.717, 1.165) is 0 Å². The van der Waals surface area contributed by atoms with Gasteiger partial charge in [0, 0.05) is 8.95 Å². The molecule has 0 aliphatic heterocycles. The Bertz CT molecular complexity index is 392. The molecule has 0 aliphatic carbocycles. The van der Waals surface area contributed by atoms with Gasteiger partial charge in [-0.05, 0) is 34.1 Å². The molecule has 0 atom stereocenters. The summed E-state index contributed by atoms with van der Waals surface area (Å²) >= 11 is 6.17. The summed E-state index contributed by atoms with van der Waals surface area (Å²) in [5.74, 6) is -1.99. The number of hydrogen-bond donors (Lipinski definition) is 1. The number of benzene rings is 1. The third kappa shape index (κ3) is 3.49. The van der Waals surface area contributed by atoms with Gasteiger partial charge in [0.1, 0.15) is 0 Å². The maximum absolute atomic E-state index is 11.9. The van der Waals surface area contributed by atoms with Crippen LogP contribution in [0.2, 0.25) is 0 Å². The lowest BCUT2D eigenvalue weighted by Gasteiger charge is -2.09. The topological polar surface area (TPSA) is 29.1 Å². The maximum Gasteiger partial charge on any atom is 0.471 e. The minimum atomic E-state index is -4.88. The Morgan fingerprint density at radius 2 is 1.87 bits per heavy atom. The van der Waals surface area contributed by atoms with Crippen molar-refractivity contribution < 1.29 is 18.0 Å². The number of nitrogens with one attached hydrogen (secondary N) is 1. The maximum atomic E-state index is 11.9. The summed E-state index contributed by atoms with van der Waals surface area (Å²) in [4.78, 5) is 10.6. The highest BCUT2D eigenvalue weighted by atomic mass is 79.9. The van der Waals surface area contributed by atoms with Gasteiger partial charge in [0.15, 0.2) is 0 Å². The number of carbonyl (C=O) groups is 1. The van der Waals surface area contributed by atoms with Crippen molar-refractivity contribution >= 4 is 43.5 Å². The fraction of sp³-hybridized carbons (Fsp3) is 0.125. The second kappa shape index (κ2) is 4.52. The molecule has 0 saturated heterocycles. The normalized spacial score (nSPS) is 11.3. The molecule has 1 aromatic rings. The standard InChI is InChI=1S/C8H4Br2F3NO/c9-4-1-2-6(5(10)3-4)14-7(15)8(11,12)13/h1-3H,(H,14,15). The van der Waals surface area contributed by atoms with Crippen LogP contribution in [0.15, 0.2) is 27.1 Å². The molecule has 1 aromatic carbocycles. The van der Waals surface area contributed by atoms with Crippen molar-refractivity contribution in [2.45, 2.75) is 6.18 Å². The molecule has 0 fully saturated rings. The van der Waals surface area contributed by atoms with Crippen LogP contribution in [0.3, 0.4) is 0 Å². The fourth-order valence-corrected chi connectivity index (χ4v) is 1.93. The number of halogens is 5. The van der Waals surface area contributed by atoms with Crippen molar-refractivity contribution in [3.8, 4) is 0 Å². The second-order valence-corrected chi connectivity index (χ2v) is 4.35. The molecule has 0 heterocycles. The highest BCUT2D eigenvalue weighted by Crippen LogP contribution is 2.27. The van der Waals surface area contributed by atoms with Crippen molar-refractivity contribution in [3.63, 3.8) is 0 Å². The molecule has 0 bridgehead atoms. The van der Waals surface area contributed by atoms with Gasteiger partial charge in [-0.15, -0.1) is 0 Å². The van der Waals surface area contributed by atoms with E-state index in [-0.39, 0.29) is 5.69 Å². The predicted molar refractivity (Wildman–Crippen MR) is 56.5 cm³/mol. The largest absolute Gasteiger partial charge is 0.471 e. The highest BCUT2D eigenvalue weighted by molar-refractivity contribution is 9.11. The molecule has 2 nitrogen and oxygen atoms in total. The van der Waals surface area contributed by atoms with Gasteiger partial charge in [0.25, 0.3) is 0 Å². The summed E-state index contributed by atoms with van der Waals surface area (Å²) in [7, 11) is 0. The van der Waals surface area contributed by atoms with Crippen LogP contribution in [0.1, 0.15) is 0 Å². The first-order chi connectivity index (χ1) is 6.80. The van der Waals surface area contributed by atoms with Crippen LogP contribution < -0.4 is 5.32 Å². The monoisotopic (exact) mass is 345 g/mol. The van der Waals surface area contributed by atoms with Crippen molar-refractivity contribution in [1.29, 1.82) is 0 Å². The van der Waals surface area contributed by atoms with Crippen LogP contribution >= 0.6 is 31.9 Å². The molecule has 0 saturated carbocycles. The van der Waals surface area contributed by atoms with E-state index in [2.05, 4.69) is 31.9 Å². The minimum absolute atomic E-state index is 0.0699. The molecular weight excluding hydrogens is 343 g/mol. The number of anilines is 1. The zero-order valence-electron chi connectivity index (χ0n) is 7.03. The number of hydrogen-bond acceptors (Lipinski definition) is 1. The molecule has 1 amide bonds. The van der Waals surface area contributed by atoms with Crippen LogP contribution in [0.25, 0.3) is 0 Å². The van der Waals surface area contributed by atoms with E-state index in [9.17, 15) is 18.0 Å². The minimum Gasteiger partial charge on any atom is -0.317 e. The highest BCUT2D eigenvalue weighted by Gasteiger charge is 2.38. The van der Waals surface area contributed by atoms with Crippen molar-refractivity contribution in [1.82, 2.24) is 0 Å². The van der Waals surface area contributed by atoms with E-state index in [4.69, 9.17) is 0 Å². The Kier molecular flexibility index (Phi) is 3.77. The van der Waals surface area contributed by atoms with Gasteiger partial charge in [-0.25, -0.2) is 0 Å². The zero-order chi connectivity index (χ0) is 11.6. The number of alkyl halides is 3. The first-order valence-electron chi connectivity index (χ1n) is 3.64. The lowest BCUT2D eigenvalue weighted by molar-refractivity contribution is -0.167. The molecule has 7 heteroatoms. The SMILES string of the molecule is O=C(Nc1ccc(Br)cc1Br)C(F)(F)F. The van der Waals surface area contributed by atoms with Gasteiger partial charge >= 0.3 is 12.1 Å². The molecule has 1 rings (SSSR count). The zero-order valence-corrected chi connectivity index (χ0v) is 10.2. The van der Waals surface area contributed by atoms with E-state index >= 15 is 0 Å². The van der Waals surface area contributed by atoms with E-state index in [1.807, 2.05) is 0 Å². The number of carbonyl (C=O) groups excluding carboxylic acids is 1. The van der Waals surface area contributed by atoms with Gasteiger partial charge in [-0.2, -0.15) is 13.2 Å². The molecular formula is C8H4Br2F3NO. The molecule has 0 spiro atoms. The van der Waals surface area contributed by atoms with Gasteiger partial charge in [0.2, 0.25) is 0 Å². The Hall–Kier alpha value is -0.560. The summed E-state index contributed by atoms with van der Waals surface area (Å²) in [5, 5.41) is 1.75. The van der Waals surface area contributed by atoms with Crippen LogP contribution in [0.5, 0.6) is 0 Å². The van der Waals surface area contributed by atoms with Gasteiger partial charge in [-0.1, -0.05) is 15.9 Å². The summed E-state index contributed by atoms with van der Waals surface area (Å²) in [6.45, 7) is 0. The van der Waals surface area contributed by atoms with E-state index in [1.165, 1.54) is 18.2 Å². The molecule has 82 valence electrons. The van der Waals surface area contributed by atoms with Crippen molar-refractivity contribution in [2.24, 2.45) is 0 Å². The average molecular weight is 347 g/mol. The first-order valence-corrected chi connectivity index (χ1v) is 5.22. The third-order valence-electron chi connectivity index (χ3n) is 1.44. The molecule has 0 unspecified atom stereocenters. The lowest BCUT2D eigenvalue weighted by Crippen LogP contribution is -2.30. The Labute approximate surface area is 100 Å². The van der Waals surface area contributed by atoms with Gasteiger partial charge in [-0.3, -0.25) is 4.79 Å². The summed E-state index contributed by atoms with van der Waals surface area (Å²) < 4.78 is 36.8. The Balaban J connectivity index is 2.87. The van der Waals surface area contributed by atoms with Crippen LogP contribution in [-0.4, -0.2) is 12.1 Å². The quantitative estimate of drug-likeness (QED) is 0.825. The summed E-state index contributed by atoms with van der Waals surface area (Å²) in [6, 6.07) is 4.42. The van der Waals surface area contributed by atoms with Crippen LogP contribution in [0, 0.1) is 0 Å². The van der Waals surface area contributed by atoms with E-state index < -0.39 is 12.1 Å². The van der Waals surface area contributed by atoms with E-state index in [0.29, 0.717) is 8.95 Å². The Morgan fingerprint density at radius 1 is 1.27 bits per heavy atom. The van der Waals surface area contributed by atoms with Gasteiger partial charge < -0.3 is 5.32 Å². The molecule has 0 radical (unpaired) electrons. The molecule has 15 heavy (non-hydrogen) atoms. The number of amides is 1. The number of rotatable bonds is 1. The predicted octanol–water partition coefficient (Wildman–Crippen LogP) is 3.71. The average Bonchev–Trinajstić information content (AvgIpc) is 2.08. The molecule has 0 aromatic heterocycles. The second-order valence-electron chi connectivity index (χ2n) is 2.58. The van der Waals surface area contributed by atoms with Crippen LogP contribution in [-0.2, 0) is 4.79 Å². The van der Waals surface area contributed by atoms with Gasteiger partial charge in [0.05, 0.1) is 5.69 Å². The fourth-order valence-electron chi connectivity index (χ4n) is 0.784. The van der Waals surface area contributed by atoms with Crippen LogP contribution in [0.4, 0.5) is 18.9 Å².